The summed E-state index contributed by atoms with van der Waals surface area (Å²) in [5, 5.41) is 5.22. The van der Waals surface area contributed by atoms with Crippen LogP contribution in [-0.4, -0.2) is 28.9 Å². The third-order valence-electron chi connectivity index (χ3n) is 4.11. The summed E-state index contributed by atoms with van der Waals surface area (Å²) in [5.74, 6) is -0.459. The first-order valence-corrected chi connectivity index (χ1v) is 7.96. The summed E-state index contributed by atoms with van der Waals surface area (Å²) in [7, 11) is 0. The van der Waals surface area contributed by atoms with Gasteiger partial charge in [-0.1, -0.05) is 13.8 Å². The van der Waals surface area contributed by atoms with Crippen molar-refractivity contribution in [2.24, 2.45) is 5.92 Å². The predicted molar refractivity (Wildman–Crippen MR) is 88.9 cm³/mol. The topological polar surface area (TPSA) is 61.4 Å². The van der Waals surface area contributed by atoms with Gasteiger partial charge in [-0.15, -0.1) is 0 Å². The van der Waals surface area contributed by atoms with E-state index in [1.165, 1.54) is 25.1 Å². The summed E-state index contributed by atoms with van der Waals surface area (Å²) >= 11 is 0. The smallest absolute Gasteiger partial charge is 0.322 e. The quantitative estimate of drug-likeness (QED) is 0.866. The normalized spacial score (nSPS) is 15.2. The number of urea groups is 1. The molecule has 2 rings (SSSR count). The molecule has 0 aromatic heterocycles. The predicted octanol–water partition coefficient (Wildman–Crippen LogP) is 3.82. The highest BCUT2D eigenvalue weighted by atomic mass is 19.1. The van der Waals surface area contributed by atoms with Crippen LogP contribution in [0.25, 0.3) is 0 Å². The Morgan fingerprint density at radius 2 is 1.87 bits per heavy atom. The highest BCUT2D eigenvalue weighted by Gasteiger charge is 2.36. The molecular formula is C17H24FN3O2. The molecule has 1 aliphatic carbocycles. The number of rotatable bonds is 5. The van der Waals surface area contributed by atoms with E-state index in [2.05, 4.69) is 24.5 Å². The van der Waals surface area contributed by atoms with Gasteiger partial charge >= 0.3 is 6.03 Å². The van der Waals surface area contributed by atoms with Gasteiger partial charge in [0.15, 0.2) is 0 Å². The summed E-state index contributed by atoms with van der Waals surface area (Å²) in [6.07, 6.45) is 1.97. The fourth-order valence-corrected chi connectivity index (χ4v) is 2.44. The first-order valence-electron chi connectivity index (χ1n) is 7.96. The lowest BCUT2D eigenvalue weighted by Crippen LogP contribution is -2.45. The van der Waals surface area contributed by atoms with Gasteiger partial charge in [-0.25, -0.2) is 9.18 Å². The maximum absolute atomic E-state index is 14.0. The van der Waals surface area contributed by atoms with Crippen LogP contribution >= 0.6 is 0 Å². The van der Waals surface area contributed by atoms with Gasteiger partial charge in [0, 0.05) is 24.7 Å². The molecule has 2 N–H and O–H groups in total. The Hall–Kier alpha value is -2.11. The van der Waals surface area contributed by atoms with E-state index in [0.29, 0.717) is 11.6 Å². The van der Waals surface area contributed by atoms with Gasteiger partial charge in [0.25, 0.3) is 0 Å². The van der Waals surface area contributed by atoms with E-state index in [1.54, 1.807) is 4.90 Å². The monoisotopic (exact) mass is 321 g/mol. The van der Waals surface area contributed by atoms with Crippen LogP contribution in [0.5, 0.6) is 0 Å². The number of anilines is 2. The van der Waals surface area contributed by atoms with E-state index in [-0.39, 0.29) is 29.7 Å². The molecule has 1 atom stereocenters. The number of carbonyl (C=O) groups excluding carboxylic acids is 2. The van der Waals surface area contributed by atoms with Crippen molar-refractivity contribution in [3.8, 4) is 0 Å². The molecule has 126 valence electrons. The van der Waals surface area contributed by atoms with Crippen LogP contribution < -0.4 is 10.6 Å². The number of hydrogen-bond acceptors (Lipinski definition) is 2. The van der Waals surface area contributed by atoms with Crippen molar-refractivity contribution < 1.29 is 14.0 Å². The van der Waals surface area contributed by atoms with Gasteiger partial charge in [-0.05, 0) is 43.9 Å². The molecule has 6 heteroatoms. The molecule has 1 fully saturated rings. The number of amides is 3. The van der Waals surface area contributed by atoms with Crippen LogP contribution in [0.3, 0.4) is 0 Å². The standard InChI is InChI=1S/C17H24FN3O2/c1-10(2)11(3)21(14-6-7-14)17(23)20-16-9-13(19-12(4)22)5-8-15(16)18/h5,8-11,14H,6-7H2,1-4H3,(H,19,22)(H,20,23)/t11-/m0/s1. The van der Waals surface area contributed by atoms with Crippen molar-refractivity contribution in [3.05, 3.63) is 24.0 Å². The van der Waals surface area contributed by atoms with E-state index in [0.717, 1.165) is 12.8 Å². The van der Waals surface area contributed by atoms with Crippen LogP contribution in [0.1, 0.15) is 40.5 Å². The fourth-order valence-electron chi connectivity index (χ4n) is 2.44. The summed E-state index contributed by atoms with van der Waals surface area (Å²) in [5.41, 5.74) is 0.520. The van der Waals surface area contributed by atoms with Crippen LogP contribution in [-0.2, 0) is 4.79 Å². The minimum absolute atomic E-state index is 0.0721. The van der Waals surface area contributed by atoms with Gasteiger partial charge in [0.1, 0.15) is 5.82 Å². The third kappa shape index (κ3) is 4.43. The van der Waals surface area contributed by atoms with Crippen LogP contribution in [0.4, 0.5) is 20.6 Å². The van der Waals surface area contributed by atoms with Crippen LogP contribution in [0, 0.1) is 11.7 Å². The molecule has 0 heterocycles. The third-order valence-corrected chi connectivity index (χ3v) is 4.11. The summed E-state index contributed by atoms with van der Waals surface area (Å²) in [6, 6.07) is 4.13. The number of carbonyl (C=O) groups is 2. The van der Waals surface area contributed by atoms with E-state index in [4.69, 9.17) is 0 Å². The van der Waals surface area contributed by atoms with Crippen molar-refractivity contribution in [2.45, 2.75) is 52.6 Å². The fraction of sp³-hybridized carbons (Fsp3) is 0.529. The molecule has 1 aromatic carbocycles. The van der Waals surface area contributed by atoms with Gasteiger partial charge in [-0.3, -0.25) is 4.79 Å². The highest BCUT2D eigenvalue weighted by Crippen LogP contribution is 2.31. The lowest BCUT2D eigenvalue weighted by atomic mass is 10.0. The second-order valence-corrected chi connectivity index (χ2v) is 6.43. The number of halogens is 1. The SMILES string of the molecule is CC(=O)Nc1ccc(F)c(NC(=O)N(C2CC2)[C@@H](C)C(C)C)c1. The molecule has 1 aliphatic rings. The first-order chi connectivity index (χ1) is 10.8. The first kappa shape index (κ1) is 17.2. The van der Waals surface area contributed by atoms with Crippen LogP contribution in [0.15, 0.2) is 18.2 Å². The van der Waals surface area contributed by atoms with Crippen molar-refractivity contribution in [1.29, 1.82) is 0 Å². The van der Waals surface area contributed by atoms with Crippen LogP contribution in [0.2, 0.25) is 0 Å². The maximum Gasteiger partial charge on any atom is 0.322 e. The Balaban J connectivity index is 2.16. The average molecular weight is 321 g/mol. The minimum atomic E-state index is -0.527. The maximum atomic E-state index is 14.0. The van der Waals surface area contributed by atoms with Crippen molar-refractivity contribution >= 4 is 23.3 Å². The molecule has 0 aliphatic heterocycles. The van der Waals surface area contributed by atoms with E-state index < -0.39 is 5.82 Å². The Kier molecular flexibility index (Phi) is 5.23. The molecule has 5 nitrogen and oxygen atoms in total. The Morgan fingerprint density at radius 1 is 1.22 bits per heavy atom. The summed E-state index contributed by atoms with van der Waals surface area (Å²) < 4.78 is 14.0. The number of hydrogen-bond donors (Lipinski definition) is 2. The van der Waals surface area contributed by atoms with E-state index in [1.807, 2.05) is 6.92 Å². The number of benzene rings is 1. The Morgan fingerprint density at radius 3 is 2.39 bits per heavy atom. The zero-order chi connectivity index (χ0) is 17.1. The molecule has 0 radical (unpaired) electrons. The molecule has 0 saturated heterocycles. The molecule has 23 heavy (non-hydrogen) atoms. The van der Waals surface area contributed by atoms with Crippen molar-refractivity contribution in [1.82, 2.24) is 4.90 Å². The lowest BCUT2D eigenvalue weighted by molar-refractivity contribution is -0.114. The van der Waals surface area contributed by atoms with Gasteiger partial charge in [0.05, 0.1) is 5.69 Å². The second-order valence-electron chi connectivity index (χ2n) is 6.43. The molecule has 3 amide bonds. The Labute approximate surface area is 136 Å². The zero-order valence-electron chi connectivity index (χ0n) is 14.0. The zero-order valence-corrected chi connectivity index (χ0v) is 14.0. The molecular weight excluding hydrogens is 297 g/mol. The van der Waals surface area contributed by atoms with E-state index >= 15 is 0 Å². The highest BCUT2D eigenvalue weighted by molar-refractivity contribution is 5.93. The van der Waals surface area contributed by atoms with Crippen molar-refractivity contribution in [2.75, 3.05) is 10.6 Å². The second kappa shape index (κ2) is 6.98. The van der Waals surface area contributed by atoms with Gasteiger partial charge in [-0.2, -0.15) is 0 Å². The number of nitrogens with one attached hydrogen (secondary N) is 2. The molecule has 0 bridgehead atoms. The lowest BCUT2D eigenvalue weighted by Gasteiger charge is -2.32. The largest absolute Gasteiger partial charge is 0.326 e. The van der Waals surface area contributed by atoms with Gasteiger partial charge in [0.2, 0.25) is 5.91 Å². The van der Waals surface area contributed by atoms with E-state index in [9.17, 15) is 14.0 Å². The molecule has 0 spiro atoms. The van der Waals surface area contributed by atoms with Crippen molar-refractivity contribution in [3.63, 3.8) is 0 Å². The minimum Gasteiger partial charge on any atom is -0.326 e. The van der Waals surface area contributed by atoms with Gasteiger partial charge < -0.3 is 15.5 Å². The molecule has 0 unspecified atom stereocenters. The summed E-state index contributed by atoms with van der Waals surface area (Å²) in [6.45, 7) is 7.50. The number of nitrogens with zero attached hydrogens (tertiary/aromatic N) is 1. The molecule has 1 aromatic rings. The summed E-state index contributed by atoms with van der Waals surface area (Å²) in [4.78, 5) is 25.5. The Bertz CT molecular complexity index is 600. The molecule has 1 saturated carbocycles. The average Bonchev–Trinajstić information content (AvgIpc) is 3.26.